The Balaban J connectivity index is 1.50. The summed E-state index contributed by atoms with van der Waals surface area (Å²) in [5, 5.41) is 11.8. The lowest BCUT2D eigenvalue weighted by Gasteiger charge is -2.38. The van der Waals surface area contributed by atoms with E-state index in [1.807, 2.05) is 17.9 Å². The Kier molecular flexibility index (Phi) is 7.21. The Labute approximate surface area is 181 Å². The molecule has 0 radical (unpaired) electrons. The third-order valence-corrected chi connectivity index (χ3v) is 5.50. The molecule has 0 aliphatic carbocycles. The van der Waals surface area contributed by atoms with Gasteiger partial charge in [-0.1, -0.05) is 12.1 Å². The summed E-state index contributed by atoms with van der Waals surface area (Å²) in [6, 6.07) is 13.0. The summed E-state index contributed by atoms with van der Waals surface area (Å²) in [5.74, 6) is -0.893. The molecule has 1 aliphatic rings. The van der Waals surface area contributed by atoms with Crippen LogP contribution in [0.3, 0.4) is 0 Å². The van der Waals surface area contributed by atoms with Crippen LogP contribution >= 0.6 is 0 Å². The van der Waals surface area contributed by atoms with Crippen molar-refractivity contribution >= 4 is 17.6 Å². The lowest BCUT2D eigenvalue weighted by atomic mass is 10.1. The quantitative estimate of drug-likeness (QED) is 0.717. The molecule has 7 nitrogen and oxygen atoms in total. The maximum atomic E-state index is 14.3. The molecule has 0 saturated carbocycles. The number of ether oxygens (including phenoxy) is 1. The van der Waals surface area contributed by atoms with Crippen molar-refractivity contribution in [3.63, 3.8) is 0 Å². The first-order valence-electron chi connectivity index (χ1n) is 10.1. The molecule has 3 rings (SSSR count). The highest BCUT2D eigenvalue weighted by Gasteiger charge is 2.26. The van der Waals surface area contributed by atoms with Gasteiger partial charge in [-0.3, -0.25) is 9.69 Å². The first-order valence-corrected chi connectivity index (χ1v) is 10.1. The zero-order chi connectivity index (χ0) is 22.4. The van der Waals surface area contributed by atoms with Crippen LogP contribution in [0.5, 0.6) is 0 Å². The van der Waals surface area contributed by atoms with Gasteiger partial charge in [0.15, 0.2) is 0 Å². The van der Waals surface area contributed by atoms with E-state index in [2.05, 4.69) is 15.0 Å². The van der Waals surface area contributed by atoms with Crippen LogP contribution in [0.1, 0.15) is 28.4 Å². The van der Waals surface area contributed by atoms with Crippen molar-refractivity contribution in [2.75, 3.05) is 38.2 Å². The number of nitrogens with zero attached hydrogens (tertiary/aromatic N) is 3. The average molecular weight is 424 g/mol. The topological polar surface area (TPSA) is 85.7 Å². The molecule has 31 heavy (non-hydrogen) atoms. The SMILES string of the molecule is COC(=O)c1ccc(CNC(=O)C(C)N2CCN(c3ccc(C#N)cc3F)CC2)cc1. The second kappa shape index (κ2) is 10.0. The van der Waals surface area contributed by atoms with Crippen molar-refractivity contribution in [3.8, 4) is 6.07 Å². The Bertz CT molecular complexity index is 979. The van der Waals surface area contributed by atoms with E-state index in [0.29, 0.717) is 49.5 Å². The molecule has 1 heterocycles. The molecule has 0 aromatic heterocycles. The third kappa shape index (κ3) is 5.38. The van der Waals surface area contributed by atoms with Gasteiger partial charge in [-0.2, -0.15) is 5.26 Å². The van der Waals surface area contributed by atoms with Crippen molar-refractivity contribution in [2.24, 2.45) is 0 Å². The fourth-order valence-corrected chi connectivity index (χ4v) is 3.56. The van der Waals surface area contributed by atoms with E-state index in [1.54, 1.807) is 36.4 Å². The summed E-state index contributed by atoms with van der Waals surface area (Å²) in [6.07, 6.45) is 0. The number of halogens is 1. The van der Waals surface area contributed by atoms with E-state index in [1.165, 1.54) is 13.2 Å². The molecule has 1 unspecified atom stereocenters. The number of hydrogen-bond donors (Lipinski definition) is 1. The van der Waals surface area contributed by atoms with Crippen LogP contribution in [0.2, 0.25) is 0 Å². The first-order chi connectivity index (χ1) is 14.9. The maximum absolute atomic E-state index is 14.3. The highest BCUT2D eigenvalue weighted by molar-refractivity contribution is 5.89. The van der Waals surface area contributed by atoms with E-state index in [4.69, 9.17) is 5.26 Å². The number of amides is 1. The number of piperazine rings is 1. The summed E-state index contributed by atoms with van der Waals surface area (Å²) in [4.78, 5) is 28.1. The number of nitriles is 1. The number of rotatable bonds is 6. The van der Waals surface area contributed by atoms with Crippen molar-refractivity contribution in [3.05, 3.63) is 65.0 Å². The molecule has 2 aromatic rings. The zero-order valence-electron chi connectivity index (χ0n) is 17.6. The van der Waals surface area contributed by atoms with E-state index >= 15 is 0 Å². The molecule has 1 N–H and O–H groups in total. The molecule has 1 fully saturated rings. The van der Waals surface area contributed by atoms with Gasteiger partial charge in [0.2, 0.25) is 5.91 Å². The Morgan fingerprint density at radius 1 is 1.16 bits per heavy atom. The number of hydrogen-bond acceptors (Lipinski definition) is 6. The smallest absolute Gasteiger partial charge is 0.337 e. The molecule has 0 bridgehead atoms. The number of anilines is 1. The maximum Gasteiger partial charge on any atom is 0.337 e. The fourth-order valence-electron chi connectivity index (χ4n) is 3.56. The van der Waals surface area contributed by atoms with Crippen molar-refractivity contribution in [1.82, 2.24) is 10.2 Å². The van der Waals surface area contributed by atoms with E-state index in [-0.39, 0.29) is 11.9 Å². The largest absolute Gasteiger partial charge is 0.465 e. The van der Waals surface area contributed by atoms with Gasteiger partial charge in [0.25, 0.3) is 0 Å². The molecule has 0 spiro atoms. The first kappa shape index (κ1) is 22.2. The lowest BCUT2D eigenvalue weighted by molar-refractivity contribution is -0.126. The zero-order valence-corrected chi connectivity index (χ0v) is 17.6. The van der Waals surface area contributed by atoms with Crippen LogP contribution in [0.25, 0.3) is 0 Å². The third-order valence-electron chi connectivity index (χ3n) is 5.50. The van der Waals surface area contributed by atoms with Crippen LogP contribution < -0.4 is 10.2 Å². The number of carbonyl (C=O) groups excluding carboxylic acids is 2. The molecule has 1 amide bonds. The van der Waals surface area contributed by atoms with Crippen LogP contribution in [-0.2, 0) is 16.1 Å². The van der Waals surface area contributed by atoms with E-state index in [9.17, 15) is 14.0 Å². The predicted octanol–water partition coefficient (Wildman–Crippen LogP) is 2.31. The fraction of sp³-hybridized carbons (Fsp3) is 0.348. The second-order valence-corrected chi connectivity index (χ2v) is 7.38. The lowest BCUT2D eigenvalue weighted by Crippen LogP contribution is -2.54. The van der Waals surface area contributed by atoms with Gasteiger partial charge in [-0.15, -0.1) is 0 Å². The number of nitrogens with one attached hydrogen (secondary N) is 1. The van der Waals surface area contributed by atoms with Gasteiger partial charge in [0.1, 0.15) is 5.82 Å². The summed E-state index contributed by atoms with van der Waals surface area (Å²) in [5.41, 5.74) is 2.12. The van der Waals surface area contributed by atoms with E-state index < -0.39 is 11.8 Å². The summed E-state index contributed by atoms with van der Waals surface area (Å²) < 4.78 is 18.9. The van der Waals surface area contributed by atoms with Crippen LogP contribution in [-0.4, -0.2) is 56.1 Å². The molecule has 1 aliphatic heterocycles. The Morgan fingerprint density at radius 2 is 1.84 bits per heavy atom. The minimum atomic E-state index is -0.406. The van der Waals surface area contributed by atoms with Gasteiger partial charge in [0.05, 0.1) is 36.0 Å². The summed E-state index contributed by atoms with van der Waals surface area (Å²) in [6.45, 7) is 4.66. The molecular formula is C23H25FN4O3. The van der Waals surface area contributed by atoms with Gasteiger partial charge < -0.3 is 15.0 Å². The minimum absolute atomic E-state index is 0.0879. The molecular weight excluding hydrogens is 399 g/mol. The molecule has 1 atom stereocenters. The minimum Gasteiger partial charge on any atom is -0.465 e. The Morgan fingerprint density at radius 3 is 2.42 bits per heavy atom. The monoisotopic (exact) mass is 424 g/mol. The van der Waals surface area contributed by atoms with Gasteiger partial charge in [-0.25, -0.2) is 9.18 Å². The van der Waals surface area contributed by atoms with E-state index in [0.717, 1.165) is 5.56 Å². The predicted molar refractivity (Wildman–Crippen MR) is 114 cm³/mol. The Hall–Kier alpha value is -3.44. The van der Waals surface area contributed by atoms with Crippen molar-refractivity contribution < 1.29 is 18.7 Å². The molecule has 162 valence electrons. The normalized spacial score (nSPS) is 15.1. The van der Waals surface area contributed by atoms with Crippen LogP contribution in [0.15, 0.2) is 42.5 Å². The highest BCUT2D eigenvalue weighted by Crippen LogP contribution is 2.22. The number of methoxy groups -OCH3 is 1. The molecule has 1 saturated heterocycles. The number of carbonyl (C=O) groups is 2. The number of esters is 1. The highest BCUT2D eigenvalue weighted by atomic mass is 19.1. The van der Waals surface area contributed by atoms with Gasteiger partial charge >= 0.3 is 5.97 Å². The van der Waals surface area contributed by atoms with Gasteiger partial charge in [-0.05, 0) is 42.8 Å². The molecule has 8 heteroatoms. The summed E-state index contributed by atoms with van der Waals surface area (Å²) >= 11 is 0. The average Bonchev–Trinajstić information content (AvgIpc) is 2.81. The van der Waals surface area contributed by atoms with Crippen molar-refractivity contribution in [2.45, 2.75) is 19.5 Å². The summed E-state index contributed by atoms with van der Waals surface area (Å²) in [7, 11) is 1.33. The number of benzene rings is 2. The van der Waals surface area contributed by atoms with Crippen molar-refractivity contribution in [1.29, 1.82) is 5.26 Å². The van der Waals surface area contributed by atoms with Crippen LogP contribution in [0.4, 0.5) is 10.1 Å². The van der Waals surface area contributed by atoms with Gasteiger partial charge in [0, 0.05) is 32.7 Å². The molecule has 2 aromatic carbocycles. The van der Waals surface area contributed by atoms with Crippen LogP contribution in [0, 0.1) is 17.1 Å². The standard InChI is InChI=1S/C23H25FN4O3/c1-16(22(29)26-15-17-3-6-19(7-4-17)23(30)31-2)27-9-11-28(12-10-27)21-8-5-18(14-25)13-20(21)24/h3-8,13,16H,9-12,15H2,1-2H3,(H,26,29). The second-order valence-electron chi connectivity index (χ2n) is 7.38.